The van der Waals surface area contributed by atoms with Gasteiger partial charge in [0, 0.05) is 41.5 Å². The van der Waals surface area contributed by atoms with Gasteiger partial charge in [0.2, 0.25) is 0 Å². The van der Waals surface area contributed by atoms with Crippen molar-refractivity contribution in [3.05, 3.63) is 64.7 Å². The summed E-state index contributed by atoms with van der Waals surface area (Å²) in [5, 5.41) is 9.00. The van der Waals surface area contributed by atoms with Crippen molar-refractivity contribution in [3.63, 3.8) is 0 Å². The highest BCUT2D eigenvalue weighted by atomic mass is 16.3. The fourth-order valence-corrected chi connectivity index (χ4v) is 2.60. The number of hydrogen-bond donors (Lipinski definition) is 1. The molecule has 0 fully saturated rings. The molecular formula is C17H15NO3. The van der Waals surface area contributed by atoms with Crippen LogP contribution in [0.2, 0.25) is 0 Å². The molecule has 0 aromatic heterocycles. The molecule has 0 amide bonds. The first-order valence-electron chi connectivity index (χ1n) is 6.78. The highest BCUT2D eigenvalue weighted by Gasteiger charge is 2.29. The van der Waals surface area contributed by atoms with Crippen LogP contribution in [0.1, 0.15) is 31.8 Å². The summed E-state index contributed by atoms with van der Waals surface area (Å²) in [4.78, 5) is 26.9. The molecule has 0 radical (unpaired) electrons. The molecule has 0 unspecified atom stereocenters. The summed E-state index contributed by atoms with van der Waals surface area (Å²) in [6, 6.07) is 12.1. The SMILES string of the molecule is CN(CCO)c1ccc2c(c1)C(=O)c1ccccc1C2=O. The van der Waals surface area contributed by atoms with E-state index in [1.807, 2.05) is 11.9 Å². The van der Waals surface area contributed by atoms with Crippen molar-refractivity contribution in [3.8, 4) is 0 Å². The molecule has 21 heavy (non-hydrogen) atoms. The van der Waals surface area contributed by atoms with Crippen LogP contribution in [-0.2, 0) is 0 Å². The third-order valence-electron chi connectivity index (χ3n) is 3.78. The molecule has 3 rings (SSSR count). The predicted molar refractivity (Wildman–Crippen MR) is 80.1 cm³/mol. The smallest absolute Gasteiger partial charge is 0.194 e. The molecule has 0 saturated heterocycles. The van der Waals surface area contributed by atoms with Gasteiger partial charge in [0.05, 0.1) is 6.61 Å². The molecule has 0 aliphatic heterocycles. The number of benzene rings is 2. The van der Waals surface area contributed by atoms with Gasteiger partial charge in [-0.15, -0.1) is 0 Å². The maximum absolute atomic E-state index is 12.6. The summed E-state index contributed by atoms with van der Waals surface area (Å²) in [5.41, 5.74) is 2.60. The van der Waals surface area contributed by atoms with Crippen LogP contribution < -0.4 is 4.90 Å². The molecule has 0 saturated carbocycles. The Morgan fingerprint density at radius 3 is 2.10 bits per heavy atom. The van der Waals surface area contributed by atoms with E-state index in [9.17, 15) is 9.59 Å². The van der Waals surface area contributed by atoms with E-state index >= 15 is 0 Å². The molecule has 4 heteroatoms. The van der Waals surface area contributed by atoms with Crippen molar-refractivity contribution in [2.24, 2.45) is 0 Å². The zero-order valence-corrected chi connectivity index (χ0v) is 11.7. The van der Waals surface area contributed by atoms with E-state index in [-0.39, 0.29) is 18.2 Å². The zero-order valence-electron chi connectivity index (χ0n) is 11.7. The second-order valence-electron chi connectivity index (χ2n) is 5.08. The number of rotatable bonds is 3. The van der Waals surface area contributed by atoms with E-state index in [0.717, 1.165) is 5.69 Å². The van der Waals surface area contributed by atoms with Crippen molar-refractivity contribution in [1.82, 2.24) is 0 Å². The lowest BCUT2D eigenvalue weighted by atomic mass is 9.84. The topological polar surface area (TPSA) is 57.6 Å². The standard InChI is InChI=1S/C17H15NO3/c1-18(8-9-19)11-6-7-14-15(10-11)17(21)13-5-3-2-4-12(13)16(14)20/h2-7,10,19H,8-9H2,1H3. The number of anilines is 1. The van der Waals surface area contributed by atoms with Gasteiger partial charge in [-0.2, -0.15) is 0 Å². The van der Waals surface area contributed by atoms with Gasteiger partial charge in [0.25, 0.3) is 0 Å². The molecule has 0 spiro atoms. The maximum Gasteiger partial charge on any atom is 0.194 e. The van der Waals surface area contributed by atoms with Crippen molar-refractivity contribution >= 4 is 17.3 Å². The molecule has 1 aliphatic carbocycles. The van der Waals surface area contributed by atoms with E-state index in [4.69, 9.17) is 5.11 Å². The molecule has 2 aromatic carbocycles. The largest absolute Gasteiger partial charge is 0.395 e. The number of carbonyl (C=O) groups is 2. The minimum atomic E-state index is -0.126. The first kappa shape index (κ1) is 13.5. The van der Waals surface area contributed by atoms with E-state index in [2.05, 4.69) is 0 Å². The number of fused-ring (bicyclic) bond motifs is 2. The Labute approximate surface area is 122 Å². The number of likely N-dealkylation sites (N-methyl/N-ethyl adjacent to an activating group) is 1. The number of aliphatic hydroxyl groups is 1. The van der Waals surface area contributed by atoms with E-state index in [1.54, 1.807) is 42.5 Å². The molecule has 0 bridgehead atoms. The fourth-order valence-electron chi connectivity index (χ4n) is 2.60. The van der Waals surface area contributed by atoms with Gasteiger partial charge in [-0.3, -0.25) is 9.59 Å². The van der Waals surface area contributed by atoms with Crippen LogP contribution in [0.5, 0.6) is 0 Å². The fraction of sp³-hybridized carbons (Fsp3) is 0.176. The number of hydrogen-bond acceptors (Lipinski definition) is 4. The highest BCUT2D eigenvalue weighted by molar-refractivity contribution is 6.28. The molecule has 4 nitrogen and oxygen atoms in total. The molecule has 1 N–H and O–H groups in total. The minimum absolute atomic E-state index is 0.0310. The van der Waals surface area contributed by atoms with Crippen LogP contribution in [0.4, 0.5) is 5.69 Å². The molecule has 1 aliphatic rings. The lowest BCUT2D eigenvalue weighted by molar-refractivity contribution is 0.0979. The first-order valence-corrected chi connectivity index (χ1v) is 6.78. The van der Waals surface area contributed by atoms with Crippen molar-refractivity contribution in [1.29, 1.82) is 0 Å². The summed E-state index contributed by atoms with van der Waals surface area (Å²) in [6.07, 6.45) is 0. The normalized spacial score (nSPS) is 12.9. The van der Waals surface area contributed by atoms with Crippen LogP contribution in [0.25, 0.3) is 0 Å². The minimum Gasteiger partial charge on any atom is -0.395 e. The van der Waals surface area contributed by atoms with Gasteiger partial charge >= 0.3 is 0 Å². The van der Waals surface area contributed by atoms with Crippen molar-refractivity contribution in [2.75, 3.05) is 25.1 Å². The van der Waals surface area contributed by atoms with Crippen LogP contribution in [0, 0.1) is 0 Å². The molecule has 0 atom stereocenters. The third kappa shape index (κ3) is 2.14. The second-order valence-corrected chi connectivity index (χ2v) is 5.08. The lowest BCUT2D eigenvalue weighted by Gasteiger charge is -2.22. The van der Waals surface area contributed by atoms with Gasteiger partial charge in [-0.25, -0.2) is 0 Å². The second kappa shape index (κ2) is 5.14. The first-order chi connectivity index (χ1) is 10.1. The van der Waals surface area contributed by atoms with Gasteiger partial charge in [0.15, 0.2) is 11.6 Å². The number of aliphatic hydroxyl groups excluding tert-OH is 1. The Morgan fingerprint density at radius 1 is 0.905 bits per heavy atom. The molecular weight excluding hydrogens is 266 g/mol. The van der Waals surface area contributed by atoms with Crippen molar-refractivity contribution in [2.45, 2.75) is 0 Å². The monoisotopic (exact) mass is 281 g/mol. The lowest BCUT2D eigenvalue weighted by Crippen LogP contribution is -2.24. The van der Waals surface area contributed by atoms with E-state index in [1.165, 1.54) is 0 Å². The predicted octanol–water partition coefficient (Wildman–Crippen LogP) is 1.89. The Hall–Kier alpha value is -2.46. The molecule has 106 valence electrons. The number of nitrogens with zero attached hydrogens (tertiary/aromatic N) is 1. The molecule has 0 heterocycles. The summed E-state index contributed by atoms with van der Waals surface area (Å²) < 4.78 is 0. The third-order valence-corrected chi connectivity index (χ3v) is 3.78. The summed E-state index contributed by atoms with van der Waals surface area (Å²) in [7, 11) is 1.83. The van der Waals surface area contributed by atoms with Crippen LogP contribution in [-0.4, -0.2) is 36.9 Å². The van der Waals surface area contributed by atoms with Crippen LogP contribution in [0.15, 0.2) is 42.5 Å². The van der Waals surface area contributed by atoms with Crippen LogP contribution in [0.3, 0.4) is 0 Å². The average molecular weight is 281 g/mol. The quantitative estimate of drug-likeness (QED) is 0.796. The van der Waals surface area contributed by atoms with Gasteiger partial charge < -0.3 is 10.0 Å². The summed E-state index contributed by atoms with van der Waals surface area (Å²) in [5.74, 6) is -0.240. The summed E-state index contributed by atoms with van der Waals surface area (Å²) >= 11 is 0. The Morgan fingerprint density at radius 2 is 1.48 bits per heavy atom. The number of ketones is 2. The Bertz CT molecular complexity index is 737. The number of carbonyl (C=O) groups excluding carboxylic acids is 2. The zero-order chi connectivity index (χ0) is 15.0. The Kier molecular flexibility index (Phi) is 3.31. The maximum atomic E-state index is 12.6. The average Bonchev–Trinajstić information content (AvgIpc) is 2.52. The van der Waals surface area contributed by atoms with Crippen molar-refractivity contribution < 1.29 is 14.7 Å². The van der Waals surface area contributed by atoms with E-state index < -0.39 is 0 Å². The summed E-state index contributed by atoms with van der Waals surface area (Å²) in [6.45, 7) is 0.501. The van der Waals surface area contributed by atoms with Gasteiger partial charge in [-0.1, -0.05) is 24.3 Å². The Balaban J connectivity index is 2.11. The molecule has 2 aromatic rings. The van der Waals surface area contributed by atoms with Gasteiger partial charge in [-0.05, 0) is 18.2 Å². The van der Waals surface area contributed by atoms with E-state index in [0.29, 0.717) is 28.8 Å². The highest BCUT2D eigenvalue weighted by Crippen LogP contribution is 2.29. The van der Waals surface area contributed by atoms with Gasteiger partial charge in [0.1, 0.15) is 0 Å². The van der Waals surface area contributed by atoms with Crippen LogP contribution >= 0.6 is 0 Å².